The average Bonchev–Trinajstić information content (AvgIpc) is 2.86. The molecule has 2 heterocycles. The number of hydrogen-bond acceptors (Lipinski definition) is 2. The molecule has 1 aliphatic rings. The van der Waals surface area contributed by atoms with E-state index in [1.165, 1.54) is 27.0 Å². The summed E-state index contributed by atoms with van der Waals surface area (Å²) in [5.74, 6) is 0.224. The van der Waals surface area contributed by atoms with Crippen molar-refractivity contribution >= 4 is 33.2 Å². The van der Waals surface area contributed by atoms with Crippen LogP contribution in [0.1, 0.15) is 26.8 Å². The molecule has 1 atom stereocenters. The van der Waals surface area contributed by atoms with Crippen molar-refractivity contribution in [1.29, 1.82) is 0 Å². The molecule has 1 amide bonds. The first-order valence-corrected chi connectivity index (χ1v) is 8.46. The lowest BCUT2D eigenvalue weighted by Crippen LogP contribution is -2.37. The first kappa shape index (κ1) is 14.5. The topological polar surface area (TPSA) is 20.3 Å². The third-order valence-electron chi connectivity index (χ3n) is 3.84. The fourth-order valence-corrected chi connectivity index (χ4v) is 4.55. The van der Waals surface area contributed by atoms with Crippen LogP contribution in [-0.4, -0.2) is 17.4 Å². The summed E-state index contributed by atoms with van der Waals surface area (Å²) in [5, 5.41) is 0. The highest BCUT2D eigenvalue weighted by atomic mass is 79.9. The van der Waals surface area contributed by atoms with Gasteiger partial charge < -0.3 is 4.90 Å². The second-order valence-corrected chi connectivity index (χ2v) is 7.43. The Morgan fingerprint density at radius 2 is 2.19 bits per heavy atom. The molecule has 108 valence electrons. The van der Waals surface area contributed by atoms with Gasteiger partial charge in [-0.15, -0.1) is 11.3 Å². The van der Waals surface area contributed by atoms with Gasteiger partial charge in [-0.2, -0.15) is 0 Å². The summed E-state index contributed by atoms with van der Waals surface area (Å²) in [6, 6.07) is 10.5. The highest BCUT2D eigenvalue weighted by molar-refractivity contribution is 9.10. The monoisotopic (exact) mass is 361 g/mol. The predicted molar refractivity (Wildman–Crippen MR) is 90.7 cm³/mol. The van der Waals surface area contributed by atoms with Gasteiger partial charge >= 0.3 is 0 Å². The molecular weight excluding hydrogens is 346 g/mol. The van der Waals surface area contributed by atoms with Gasteiger partial charge in [0.25, 0.3) is 0 Å². The van der Waals surface area contributed by atoms with E-state index in [0.29, 0.717) is 13.1 Å². The van der Waals surface area contributed by atoms with Crippen LogP contribution in [0.25, 0.3) is 0 Å². The van der Waals surface area contributed by atoms with Crippen molar-refractivity contribution in [2.24, 2.45) is 0 Å². The predicted octanol–water partition coefficient (Wildman–Crippen LogP) is 4.48. The molecule has 1 aliphatic heterocycles. The zero-order valence-corrected chi connectivity index (χ0v) is 14.2. The van der Waals surface area contributed by atoms with Gasteiger partial charge in [0.05, 0.1) is 6.54 Å². The van der Waals surface area contributed by atoms with Gasteiger partial charge in [-0.1, -0.05) is 40.7 Å². The first-order valence-electron chi connectivity index (χ1n) is 6.85. The second kappa shape index (κ2) is 5.78. The van der Waals surface area contributed by atoms with E-state index in [9.17, 15) is 4.79 Å². The molecule has 0 fully saturated rings. The fourth-order valence-electron chi connectivity index (χ4n) is 2.88. The highest BCUT2D eigenvalue weighted by Crippen LogP contribution is 2.40. The minimum Gasteiger partial charge on any atom is -0.333 e. The molecule has 0 bridgehead atoms. The number of thiophene rings is 1. The quantitative estimate of drug-likeness (QED) is 0.722. The second-order valence-electron chi connectivity index (χ2n) is 5.23. The number of carbonyl (C=O) groups excluding carboxylic acids is 1. The van der Waals surface area contributed by atoms with E-state index in [0.717, 1.165) is 4.47 Å². The van der Waals surface area contributed by atoms with Crippen molar-refractivity contribution in [3.8, 4) is 0 Å². The fraction of sp³-hybridized carbons (Fsp3) is 0.235. The lowest BCUT2D eigenvalue weighted by molar-refractivity contribution is -0.127. The van der Waals surface area contributed by atoms with Gasteiger partial charge in [-0.3, -0.25) is 4.79 Å². The van der Waals surface area contributed by atoms with E-state index in [2.05, 4.69) is 47.6 Å². The Hall–Kier alpha value is -1.39. The van der Waals surface area contributed by atoms with Crippen molar-refractivity contribution in [2.45, 2.75) is 19.4 Å². The van der Waals surface area contributed by atoms with E-state index in [4.69, 9.17) is 0 Å². The Morgan fingerprint density at radius 3 is 2.90 bits per heavy atom. The van der Waals surface area contributed by atoms with Gasteiger partial charge in [-0.25, -0.2) is 0 Å². The number of amides is 1. The molecule has 0 aliphatic carbocycles. The lowest BCUT2D eigenvalue weighted by atomic mass is 9.88. The summed E-state index contributed by atoms with van der Waals surface area (Å²) in [7, 11) is 0. The number of nitrogens with zero attached hydrogens (tertiary/aromatic N) is 1. The van der Waals surface area contributed by atoms with Crippen molar-refractivity contribution in [3.63, 3.8) is 0 Å². The van der Waals surface area contributed by atoms with Crippen LogP contribution in [0.2, 0.25) is 0 Å². The van der Waals surface area contributed by atoms with Gasteiger partial charge in [0.15, 0.2) is 0 Å². The number of aryl methyl sites for hydroxylation is 1. The molecule has 2 aromatic rings. The van der Waals surface area contributed by atoms with E-state index in [-0.39, 0.29) is 11.8 Å². The van der Waals surface area contributed by atoms with Crippen LogP contribution in [0.3, 0.4) is 0 Å². The van der Waals surface area contributed by atoms with Gasteiger partial charge in [0.1, 0.15) is 0 Å². The normalized spacial score (nSPS) is 17.4. The molecule has 0 radical (unpaired) electrons. The number of rotatable bonds is 2. The van der Waals surface area contributed by atoms with Gasteiger partial charge in [0, 0.05) is 26.7 Å². The molecule has 21 heavy (non-hydrogen) atoms. The van der Waals surface area contributed by atoms with Crippen LogP contribution in [-0.2, 0) is 11.3 Å². The Bertz CT molecular complexity index is 707. The van der Waals surface area contributed by atoms with Crippen LogP contribution in [0.15, 0.2) is 47.5 Å². The van der Waals surface area contributed by atoms with Crippen molar-refractivity contribution in [1.82, 2.24) is 4.90 Å². The van der Waals surface area contributed by atoms with E-state index < -0.39 is 0 Å². The molecule has 4 heteroatoms. The molecule has 0 N–H and O–H groups in total. The minimum absolute atomic E-state index is 0.00348. The largest absolute Gasteiger partial charge is 0.333 e. The van der Waals surface area contributed by atoms with Gasteiger partial charge in [-0.05, 0) is 36.3 Å². The summed E-state index contributed by atoms with van der Waals surface area (Å²) < 4.78 is 1.10. The number of carbonyl (C=O) groups is 1. The number of halogens is 1. The van der Waals surface area contributed by atoms with Crippen molar-refractivity contribution in [2.75, 3.05) is 6.54 Å². The van der Waals surface area contributed by atoms with Crippen LogP contribution >= 0.6 is 27.3 Å². The Balaban J connectivity index is 2.08. The third kappa shape index (κ3) is 2.70. The van der Waals surface area contributed by atoms with Crippen LogP contribution in [0.5, 0.6) is 0 Å². The van der Waals surface area contributed by atoms with E-state index in [1.807, 2.05) is 17.0 Å². The summed E-state index contributed by atoms with van der Waals surface area (Å²) in [5.41, 5.74) is 2.59. The van der Waals surface area contributed by atoms with Crippen LogP contribution in [0.4, 0.5) is 0 Å². The molecule has 0 saturated carbocycles. The number of benzene rings is 1. The molecule has 0 spiro atoms. The average molecular weight is 362 g/mol. The Kier molecular flexibility index (Phi) is 4.00. The Labute approximate surface area is 137 Å². The summed E-state index contributed by atoms with van der Waals surface area (Å²) >= 11 is 5.43. The standard InChI is InChI=1S/C17H16BrNOS/c1-3-17(20)19-9-14(12-6-4-5-7-15(12)18)13-8-11(2)21-16(13)10-19/h3-8,14H,1,9-10H2,2H3/t14-/m0/s1. The number of hydrogen-bond donors (Lipinski definition) is 0. The summed E-state index contributed by atoms with van der Waals surface area (Å²) in [4.78, 5) is 16.5. The number of fused-ring (bicyclic) bond motifs is 1. The Morgan fingerprint density at radius 1 is 1.43 bits per heavy atom. The molecule has 3 rings (SSSR count). The smallest absolute Gasteiger partial charge is 0.246 e. The summed E-state index contributed by atoms with van der Waals surface area (Å²) in [6.45, 7) is 7.14. The van der Waals surface area contributed by atoms with Crippen molar-refractivity contribution in [3.05, 3.63) is 68.3 Å². The van der Waals surface area contributed by atoms with Crippen LogP contribution < -0.4 is 0 Å². The zero-order valence-electron chi connectivity index (χ0n) is 11.8. The minimum atomic E-state index is 0.00348. The summed E-state index contributed by atoms with van der Waals surface area (Å²) in [6.07, 6.45) is 1.41. The molecule has 0 unspecified atom stereocenters. The lowest BCUT2D eigenvalue weighted by Gasteiger charge is -2.33. The maximum absolute atomic E-state index is 12.0. The molecule has 1 aromatic heterocycles. The zero-order chi connectivity index (χ0) is 15.0. The maximum atomic E-state index is 12.0. The van der Waals surface area contributed by atoms with E-state index in [1.54, 1.807) is 11.3 Å². The molecule has 2 nitrogen and oxygen atoms in total. The molecule has 1 aromatic carbocycles. The molecular formula is C17H16BrNOS. The first-order chi connectivity index (χ1) is 10.1. The molecule has 0 saturated heterocycles. The van der Waals surface area contributed by atoms with Crippen molar-refractivity contribution < 1.29 is 4.79 Å². The maximum Gasteiger partial charge on any atom is 0.246 e. The van der Waals surface area contributed by atoms with E-state index >= 15 is 0 Å². The van der Waals surface area contributed by atoms with Gasteiger partial charge in [0.2, 0.25) is 5.91 Å². The SMILES string of the molecule is C=CC(=O)N1Cc2sc(C)cc2[C@H](c2ccccc2Br)C1. The third-order valence-corrected chi connectivity index (χ3v) is 5.62. The van der Waals surface area contributed by atoms with Crippen LogP contribution in [0, 0.1) is 6.92 Å². The highest BCUT2D eigenvalue weighted by Gasteiger charge is 2.30.